The second-order valence-electron chi connectivity index (χ2n) is 3.89. The van der Waals surface area contributed by atoms with E-state index in [2.05, 4.69) is 11.4 Å². The monoisotopic (exact) mass is 194 g/mol. The summed E-state index contributed by atoms with van der Waals surface area (Å²) in [5.41, 5.74) is -0.0742. The first-order valence-electron chi connectivity index (χ1n) is 4.38. The molecule has 0 heterocycles. The van der Waals surface area contributed by atoms with E-state index in [1.165, 1.54) is 6.07 Å². The van der Waals surface area contributed by atoms with Crippen molar-refractivity contribution in [2.45, 2.75) is 26.4 Å². The molecule has 2 nitrogen and oxygen atoms in total. The highest BCUT2D eigenvalue weighted by atomic mass is 19.1. The minimum Gasteiger partial charge on any atom is -0.390 e. The van der Waals surface area contributed by atoms with Crippen LogP contribution in [0.1, 0.15) is 26.3 Å². The Balaban J connectivity index is 2.65. The summed E-state index contributed by atoms with van der Waals surface area (Å²) in [4.78, 5) is 5.04. The first-order valence-corrected chi connectivity index (χ1v) is 4.38. The van der Waals surface area contributed by atoms with E-state index in [-0.39, 0.29) is 11.4 Å². The number of rotatable bonds is 2. The molecule has 0 atom stereocenters. The van der Waals surface area contributed by atoms with Crippen molar-refractivity contribution in [3.05, 3.63) is 35.6 Å². The lowest BCUT2D eigenvalue weighted by Crippen LogP contribution is -2.15. The highest BCUT2D eigenvalue weighted by Gasteiger charge is 2.09. The molecule has 1 radical (unpaired) electrons. The van der Waals surface area contributed by atoms with Gasteiger partial charge >= 0.3 is 0 Å². The number of hydrogen-bond acceptors (Lipinski definition) is 2. The summed E-state index contributed by atoms with van der Waals surface area (Å²) in [7, 11) is 0. The van der Waals surface area contributed by atoms with Gasteiger partial charge in [0.2, 0.25) is 0 Å². The van der Waals surface area contributed by atoms with Crippen LogP contribution in [0.3, 0.4) is 0 Å². The molecule has 0 aliphatic carbocycles. The largest absolute Gasteiger partial charge is 0.390 e. The lowest BCUT2D eigenvalue weighted by atomic mass is 10.2. The van der Waals surface area contributed by atoms with Crippen LogP contribution in [0.2, 0.25) is 0 Å². The van der Waals surface area contributed by atoms with Gasteiger partial charge in [0.05, 0.1) is 0 Å². The summed E-state index contributed by atoms with van der Waals surface area (Å²) in [6.07, 6.45) is 2.50. The van der Waals surface area contributed by atoms with Crippen molar-refractivity contribution in [1.82, 2.24) is 0 Å². The summed E-state index contributed by atoms with van der Waals surface area (Å²) in [5.74, 6) is -0.353. The Hall–Kier alpha value is -1.38. The van der Waals surface area contributed by atoms with Crippen LogP contribution in [0.5, 0.6) is 0 Å². The smallest absolute Gasteiger partial charge is 0.142 e. The minimum atomic E-state index is -0.377. The maximum absolute atomic E-state index is 13.0. The first-order chi connectivity index (χ1) is 6.49. The molecule has 1 rings (SSSR count). The Kier molecular flexibility index (Phi) is 3.23. The van der Waals surface area contributed by atoms with Gasteiger partial charge < -0.3 is 4.84 Å². The zero-order chi connectivity index (χ0) is 10.6. The van der Waals surface area contributed by atoms with Gasteiger partial charge in [-0.05, 0) is 32.9 Å². The summed E-state index contributed by atoms with van der Waals surface area (Å²) in [6.45, 7) is 5.58. The van der Waals surface area contributed by atoms with Crippen molar-refractivity contribution in [1.29, 1.82) is 0 Å². The van der Waals surface area contributed by atoms with Crippen LogP contribution in [0, 0.1) is 5.82 Å². The van der Waals surface area contributed by atoms with Gasteiger partial charge in [-0.2, -0.15) is 0 Å². The molecule has 0 aliphatic rings. The van der Waals surface area contributed by atoms with Crippen molar-refractivity contribution >= 4 is 6.21 Å². The van der Waals surface area contributed by atoms with E-state index >= 15 is 0 Å². The minimum absolute atomic E-state index is 0.303. The molecule has 0 aromatic heterocycles. The third-order valence-corrected chi connectivity index (χ3v) is 1.36. The molecule has 1 aromatic carbocycles. The topological polar surface area (TPSA) is 21.6 Å². The molecule has 0 unspecified atom stereocenters. The maximum Gasteiger partial charge on any atom is 0.142 e. The van der Waals surface area contributed by atoms with Crippen LogP contribution >= 0.6 is 0 Å². The predicted molar refractivity (Wildman–Crippen MR) is 53.8 cm³/mol. The number of benzene rings is 1. The van der Waals surface area contributed by atoms with E-state index in [1.807, 2.05) is 20.8 Å². The Morgan fingerprint density at radius 3 is 2.50 bits per heavy atom. The molecule has 14 heavy (non-hydrogen) atoms. The van der Waals surface area contributed by atoms with Gasteiger partial charge in [-0.15, -0.1) is 0 Å². The van der Waals surface area contributed by atoms with Gasteiger partial charge in [-0.1, -0.05) is 17.3 Å². The molecule has 1 aromatic rings. The van der Waals surface area contributed by atoms with Crippen molar-refractivity contribution in [2.75, 3.05) is 0 Å². The molecule has 3 heteroatoms. The molecule has 0 saturated carbocycles. The summed E-state index contributed by atoms with van der Waals surface area (Å²) in [6, 6.07) is 6.28. The first kappa shape index (κ1) is 10.7. The average molecular weight is 194 g/mol. The zero-order valence-electron chi connectivity index (χ0n) is 8.54. The van der Waals surface area contributed by atoms with Gasteiger partial charge in [-0.25, -0.2) is 4.39 Å². The second-order valence-corrected chi connectivity index (χ2v) is 3.89. The molecule has 0 bridgehead atoms. The third kappa shape index (κ3) is 3.56. The van der Waals surface area contributed by atoms with Crippen molar-refractivity contribution in [3.8, 4) is 0 Å². The molecule has 0 N–H and O–H groups in total. The fraction of sp³-hybridized carbons (Fsp3) is 0.364. The SMILES string of the molecule is CC(C)(C)O/N=[C]/c1ccccc1F. The number of nitrogens with zero attached hydrogens (tertiary/aromatic N) is 1. The van der Waals surface area contributed by atoms with Crippen LogP contribution in [-0.2, 0) is 4.84 Å². The van der Waals surface area contributed by atoms with Crippen LogP contribution in [-0.4, -0.2) is 11.8 Å². The zero-order valence-corrected chi connectivity index (χ0v) is 8.54. The maximum atomic E-state index is 13.0. The highest BCUT2D eigenvalue weighted by molar-refractivity contribution is 5.79. The van der Waals surface area contributed by atoms with Gasteiger partial charge in [-0.3, -0.25) is 0 Å². The third-order valence-electron chi connectivity index (χ3n) is 1.36. The lowest BCUT2D eigenvalue weighted by molar-refractivity contribution is 0.00196. The summed E-state index contributed by atoms with van der Waals surface area (Å²) < 4.78 is 13.0. The second kappa shape index (κ2) is 4.22. The van der Waals surface area contributed by atoms with Crippen LogP contribution in [0.4, 0.5) is 4.39 Å². The van der Waals surface area contributed by atoms with Gasteiger partial charge in [0.25, 0.3) is 0 Å². The summed E-state index contributed by atoms with van der Waals surface area (Å²) >= 11 is 0. The highest BCUT2D eigenvalue weighted by Crippen LogP contribution is 2.08. The molecular formula is C11H13FNO. The fourth-order valence-electron chi connectivity index (χ4n) is 0.761. The van der Waals surface area contributed by atoms with Crippen molar-refractivity contribution in [2.24, 2.45) is 5.16 Å². The molecule has 0 amide bonds. The molecule has 0 spiro atoms. The number of hydrogen-bond donors (Lipinski definition) is 0. The summed E-state index contributed by atoms with van der Waals surface area (Å²) in [5, 5.41) is 3.58. The molecule has 0 aliphatic heterocycles. The van der Waals surface area contributed by atoms with Gasteiger partial charge in [0.1, 0.15) is 17.6 Å². The number of halogens is 1. The van der Waals surface area contributed by atoms with E-state index < -0.39 is 0 Å². The Morgan fingerprint density at radius 1 is 1.29 bits per heavy atom. The Bertz CT molecular complexity index is 328. The lowest BCUT2D eigenvalue weighted by Gasteiger charge is -2.14. The van der Waals surface area contributed by atoms with E-state index in [0.717, 1.165) is 0 Å². The Morgan fingerprint density at radius 2 is 1.93 bits per heavy atom. The van der Waals surface area contributed by atoms with Gasteiger partial charge in [0.15, 0.2) is 0 Å². The van der Waals surface area contributed by atoms with E-state index in [4.69, 9.17) is 4.84 Å². The molecule has 0 saturated heterocycles. The van der Waals surface area contributed by atoms with Crippen LogP contribution in [0.15, 0.2) is 29.4 Å². The predicted octanol–water partition coefficient (Wildman–Crippen LogP) is 2.85. The standard InChI is InChI=1S/C11H13FNO/c1-11(2,3)14-13-8-9-6-4-5-7-10(9)12/h4-7H,1-3H3. The van der Waals surface area contributed by atoms with Gasteiger partial charge in [0, 0.05) is 5.56 Å². The molecule has 75 valence electrons. The van der Waals surface area contributed by atoms with E-state index in [0.29, 0.717) is 5.56 Å². The van der Waals surface area contributed by atoms with Crippen molar-refractivity contribution < 1.29 is 9.23 Å². The van der Waals surface area contributed by atoms with Crippen molar-refractivity contribution in [3.63, 3.8) is 0 Å². The van der Waals surface area contributed by atoms with E-state index in [9.17, 15) is 4.39 Å². The average Bonchev–Trinajstić information content (AvgIpc) is 2.06. The fourth-order valence-corrected chi connectivity index (χ4v) is 0.761. The van der Waals surface area contributed by atoms with Crippen LogP contribution in [0.25, 0.3) is 0 Å². The molecular weight excluding hydrogens is 181 g/mol. The Labute approximate surface area is 83.4 Å². The quantitative estimate of drug-likeness (QED) is 0.524. The normalized spacial score (nSPS) is 12.0. The van der Waals surface area contributed by atoms with Crippen LogP contribution < -0.4 is 0 Å². The molecule has 0 fully saturated rings. The van der Waals surface area contributed by atoms with E-state index in [1.54, 1.807) is 18.2 Å².